The van der Waals surface area contributed by atoms with Crippen molar-refractivity contribution in [3.63, 3.8) is 0 Å². The fourth-order valence-electron chi connectivity index (χ4n) is 5.16. The number of ether oxygens (including phenoxy) is 2. The Bertz CT molecular complexity index is 1310. The van der Waals surface area contributed by atoms with Crippen molar-refractivity contribution in [1.82, 2.24) is 9.88 Å². The van der Waals surface area contributed by atoms with E-state index in [2.05, 4.69) is 20.9 Å². The quantitative estimate of drug-likeness (QED) is 0.516. The van der Waals surface area contributed by atoms with E-state index in [4.69, 9.17) is 21.1 Å². The number of likely N-dealkylation sites (N-methyl/N-ethyl adjacent to an activating group) is 1. The highest BCUT2D eigenvalue weighted by Crippen LogP contribution is 2.68. The number of hydrogen-bond donors (Lipinski definition) is 1. The highest BCUT2D eigenvalue weighted by Gasteiger charge is 2.75. The largest absolute Gasteiger partial charge is 0.497 e. The van der Waals surface area contributed by atoms with Gasteiger partial charge in [0.05, 0.1) is 23.6 Å². The molecule has 1 amide bonds. The van der Waals surface area contributed by atoms with Gasteiger partial charge in [-0.2, -0.15) is 0 Å². The number of benzene rings is 2. The second-order valence-electron chi connectivity index (χ2n) is 8.55. The Kier molecular flexibility index (Phi) is 5.47. The topological polar surface area (TPSA) is 71.9 Å². The number of carbonyl (C=O) groups excluding carboxylic acids is 1. The zero-order valence-electron chi connectivity index (χ0n) is 18.8. The number of rotatable bonds is 4. The fourth-order valence-corrected chi connectivity index (χ4v) is 5.58. The van der Waals surface area contributed by atoms with Crippen molar-refractivity contribution in [2.75, 3.05) is 21.2 Å². The summed E-state index contributed by atoms with van der Waals surface area (Å²) in [4.78, 5) is 19.6. The smallest absolute Gasteiger partial charge is 0.253 e. The van der Waals surface area contributed by atoms with Crippen LogP contribution in [0.3, 0.4) is 0 Å². The monoisotopic (exact) mass is 540 g/mol. The van der Waals surface area contributed by atoms with Gasteiger partial charge in [-0.05, 0) is 17.7 Å². The van der Waals surface area contributed by atoms with Gasteiger partial charge in [0.15, 0.2) is 5.60 Å². The number of aliphatic hydroxyl groups is 1. The second-order valence-corrected chi connectivity index (χ2v) is 9.90. The number of carbonyl (C=O) groups is 1. The first-order chi connectivity index (χ1) is 16.3. The maximum atomic E-state index is 13.6. The van der Waals surface area contributed by atoms with Gasteiger partial charge < -0.3 is 19.5 Å². The van der Waals surface area contributed by atoms with Crippen molar-refractivity contribution in [1.29, 1.82) is 0 Å². The minimum atomic E-state index is -1.89. The van der Waals surface area contributed by atoms with Gasteiger partial charge in [-0.1, -0.05) is 70.0 Å². The zero-order chi connectivity index (χ0) is 24.3. The van der Waals surface area contributed by atoms with Crippen LogP contribution in [0.2, 0.25) is 5.02 Å². The molecule has 3 unspecified atom stereocenters. The molecule has 8 heteroatoms. The van der Waals surface area contributed by atoms with Crippen molar-refractivity contribution in [2.45, 2.75) is 17.1 Å². The molecule has 1 aliphatic carbocycles. The van der Waals surface area contributed by atoms with Crippen LogP contribution in [0.4, 0.5) is 0 Å². The Labute approximate surface area is 210 Å². The molecule has 174 valence electrons. The molecule has 3 aromatic rings. The minimum absolute atomic E-state index is 0.108. The molecule has 1 N–H and O–H groups in total. The summed E-state index contributed by atoms with van der Waals surface area (Å²) in [6.45, 7) is 0. The average Bonchev–Trinajstić information content (AvgIpc) is 3.20. The van der Waals surface area contributed by atoms with E-state index in [1.807, 2.05) is 54.6 Å². The molecule has 0 spiro atoms. The fraction of sp³-hybridized carbons (Fsp3) is 0.231. The van der Waals surface area contributed by atoms with Crippen LogP contribution in [0, 0.1) is 0 Å². The Hall–Kier alpha value is -2.87. The number of hydrogen-bond acceptors (Lipinski definition) is 5. The Morgan fingerprint density at radius 2 is 1.85 bits per heavy atom. The third-order valence-electron chi connectivity index (χ3n) is 6.49. The highest BCUT2D eigenvalue weighted by atomic mass is 79.9. The number of methoxy groups -OCH3 is 1. The summed E-state index contributed by atoms with van der Waals surface area (Å²) in [5.74, 6) is -0.553. The number of pyridine rings is 1. The van der Waals surface area contributed by atoms with E-state index in [1.165, 1.54) is 18.2 Å². The molecule has 2 aromatic carbocycles. The number of aromatic nitrogens is 1. The van der Waals surface area contributed by atoms with Crippen LogP contribution < -0.4 is 4.74 Å². The van der Waals surface area contributed by atoms with E-state index in [0.717, 1.165) is 10.0 Å². The Balaban J connectivity index is 1.93. The van der Waals surface area contributed by atoms with E-state index in [-0.39, 0.29) is 17.4 Å². The Morgan fingerprint density at radius 3 is 2.47 bits per heavy atom. The number of amides is 1. The Morgan fingerprint density at radius 1 is 1.18 bits per heavy atom. The molecule has 1 aromatic heterocycles. The maximum Gasteiger partial charge on any atom is 0.253 e. The lowest BCUT2D eigenvalue weighted by molar-refractivity contribution is -0.126. The molecule has 2 heterocycles. The third kappa shape index (κ3) is 2.97. The van der Waals surface area contributed by atoms with Crippen molar-refractivity contribution < 1.29 is 19.4 Å². The molecular weight excluding hydrogens is 520 g/mol. The molecular formula is C26H22BrClN2O4. The van der Waals surface area contributed by atoms with Gasteiger partial charge in [-0.25, -0.2) is 0 Å². The highest BCUT2D eigenvalue weighted by molar-refractivity contribution is 9.10. The van der Waals surface area contributed by atoms with Crippen LogP contribution in [0.15, 0.2) is 82.7 Å². The van der Waals surface area contributed by atoms with E-state index < -0.39 is 17.1 Å². The molecule has 3 atom stereocenters. The first-order valence-electron chi connectivity index (χ1n) is 10.6. The second kappa shape index (κ2) is 8.12. The normalized spacial score (nSPS) is 24.9. The summed E-state index contributed by atoms with van der Waals surface area (Å²) in [7, 11) is 4.79. The SMILES string of the molecule is COC1=C(C(=O)N(C)C)C(c2ccccc2)C2(c3ccc(Br)cc3)Oc3cc(Cl)cnc3C12O. The molecule has 0 saturated carbocycles. The van der Waals surface area contributed by atoms with Gasteiger partial charge in [0.1, 0.15) is 17.2 Å². The summed E-state index contributed by atoms with van der Waals surface area (Å²) >= 11 is 9.73. The van der Waals surface area contributed by atoms with Crippen molar-refractivity contribution in [2.24, 2.45) is 0 Å². The number of nitrogens with zero attached hydrogens (tertiary/aromatic N) is 2. The summed E-state index contributed by atoms with van der Waals surface area (Å²) in [5, 5.41) is 13.0. The van der Waals surface area contributed by atoms with Crippen LogP contribution in [-0.2, 0) is 20.7 Å². The van der Waals surface area contributed by atoms with Crippen LogP contribution in [-0.4, -0.2) is 42.1 Å². The summed E-state index contributed by atoms with van der Waals surface area (Å²) < 4.78 is 13.4. The molecule has 0 radical (unpaired) electrons. The van der Waals surface area contributed by atoms with E-state index in [1.54, 1.807) is 20.2 Å². The van der Waals surface area contributed by atoms with E-state index in [0.29, 0.717) is 21.9 Å². The van der Waals surface area contributed by atoms with Crippen molar-refractivity contribution in [3.05, 3.63) is 105 Å². The van der Waals surface area contributed by atoms with Gasteiger partial charge in [0.25, 0.3) is 5.91 Å². The predicted molar refractivity (Wildman–Crippen MR) is 132 cm³/mol. The van der Waals surface area contributed by atoms with Gasteiger partial charge in [0.2, 0.25) is 5.60 Å². The summed E-state index contributed by atoms with van der Waals surface area (Å²) in [5.41, 5.74) is -1.35. The van der Waals surface area contributed by atoms with Gasteiger partial charge >= 0.3 is 0 Å². The number of fused-ring (bicyclic) bond motifs is 3. The average molecular weight is 542 g/mol. The lowest BCUT2D eigenvalue weighted by Gasteiger charge is -2.40. The maximum absolute atomic E-state index is 13.6. The zero-order valence-corrected chi connectivity index (χ0v) is 21.1. The molecule has 5 rings (SSSR count). The van der Waals surface area contributed by atoms with Crippen LogP contribution in [0.25, 0.3) is 0 Å². The lowest BCUT2D eigenvalue weighted by atomic mass is 9.70. The number of halogens is 2. The van der Waals surface area contributed by atoms with Crippen molar-refractivity contribution >= 4 is 33.4 Å². The predicted octanol–water partition coefficient (Wildman–Crippen LogP) is 4.76. The first kappa shape index (κ1) is 22.9. The van der Waals surface area contributed by atoms with E-state index >= 15 is 0 Å². The molecule has 34 heavy (non-hydrogen) atoms. The summed E-state index contributed by atoms with van der Waals surface area (Å²) in [6, 6.07) is 18.6. The van der Waals surface area contributed by atoms with Gasteiger partial charge in [-0.3, -0.25) is 9.78 Å². The molecule has 1 aliphatic heterocycles. The molecule has 6 nitrogen and oxygen atoms in total. The lowest BCUT2D eigenvalue weighted by Crippen LogP contribution is -2.50. The van der Waals surface area contributed by atoms with Crippen LogP contribution in [0.1, 0.15) is 22.7 Å². The standard InChI is InChI=1S/C26H22BrClN2O4/c1-30(2)24(31)20-21(15-7-5-4-6-8-15)26(16-9-11-17(27)12-10-16)25(32,23(20)33-3)22-19(34-26)13-18(28)14-29-22/h4-14,21,32H,1-3H3. The third-order valence-corrected chi connectivity index (χ3v) is 7.22. The summed E-state index contributed by atoms with van der Waals surface area (Å²) in [6.07, 6.45) is 1.45. The van der Waals surface area contributed by atoms with Crippen LogP contribution >= 0.6 is 27.5 Å². The van der Waals surface area contributed by atoms with Crippen molar-refractivity contribution in [3.8, 4) is 5.75 Å². The molecule has 0 fully saturated rings. The first-order valence-corrected chi connectivity index (χ1v) is 11.8. The molecule has 2 aliphatic rings. The van der Waals surface area contributed by atoms with Gasteiger partial charge in [0, 0.05) is 36.4 Å². The molecule has 0 saturated heterocycles. The van der Waals surface area contributed by atoms with Gasteiger partial charge in [-0.15, -0.1) is 0 Å². The minimum Gasteiger partial charge on any atom is -0.497 e. The van der Waals surface area contributed by atoms with Crippen LogP contribution in [0.5, 0.6) is 5.75 Å². The van der Waals surface area contributed by atoms with E-state index in [9.17, 15) is 9.90 Å². The molecule has 0 bridgehead atoms.